The number of hydrogen-bond donors (Lipinski definition) is 1. The summed E-state index contributed by atoms with van der Waals surface area (Å²) in [4.78, 5) is 11.3. The van der Waals surface area contributed by atoms with Crippen LogP contribution < -0.4 is 0 Å². The average Bonchev–Trinajstić information content (AvgIpc) is 2.91. The lowest BCUT2D eigenvalue weighted by Gasteiger charge is -2.39. The molecule has 1 N–H and O–H groups in total. The van der Waals surface area contributed by atoms with Crippen LogP contribution in [0, 0.1) is 0 Å². The highest BCUT2D eigenvalue weighted by Crippen LogP contribution is 2.26. The summed E-state index contributed by atoms with van der Waals surface area (Å²) in [5, 5.41) is 7.12. The van der Waals surface area contributed by atoms with Crippen LogP contribution in [0.15, 0.2) is 0 Å². The van der Waals surface area contributed by atoms with E-state index in [1.165, 1.54) is 0 Å². The molecule has 0 spiro atoms. The van der Waals surface area contributed by atoms with Gasteiger partial charge in [-0.2, -0.15) is 17.5 Å². The largest absolute Gasteiger partial charge is 0.490 e. The Morgan fingerprint density at radius 1 is 1.33 bits per heavy atom. The van der Waals surface area contributed by atoms with E-state index in [0.29, 0.717) is 25.7 Å². The van der Waals surface area contributed by atoms with E-state index >= 15 is 0 Å². The molecule has 0 radical (unpaired) electrons. The maximum absolute atomic E-state index is 11.9. The van der Waals surface area contributed by atoms with E-state index in [1.807, 2.05) is 0 Å². The third-order valence-electron chi connectivity index (χ3n) is 3.97. The average molecular weight is 376 g/mol. The highest BCUT2D eigenvalue weighted by atomic mass is 32.2. The molecular formula is C13H23F3N2O5S. The molecule has 0 bridgehead atoms. The van der Waals surface area contributed by atoms with Crippen LogP contribution in [0.25, 0.3) is 0 Å². The Balaban J connectivity index is 0.000000351. The SMILES string of the molecule is CCS(=O)(=O)N1C[C@@H]2OCCN(C(C)C)[C@@H]2C1.O=C(O)C(F)(F)F. The molecule has 0 saturated carbocycles. The molecule has 2 rings (SSSR count). The summed E-state index contributed by atoms with van der Waals surface area (Å²) in [5.74, 6) is -2.58. The lowest BCUT2D eigenvalue weighted by molar-refractivity contribution is -0.192. The van der Waals surface area contributed by atoms with Crippen LogP contribution in [0.1, 0.15) is 20.8 Å². The van der Waals surface area contributed by atoms with Crippen molar-refractivity contribution in [3.63, 3.8) is 0 Å². The third kappa shape index (κ3) is 5.30. The molecule has 2 aliphatic heterocycles. The molecule has 0 aromatic heterocycles. The van der Waals surface area contributed by atoms with E-state index in [0.717, 1.165) is 6.54 Å². The van der Waals surface area contributed by atoms with Gasteiger partial charge in [0.1, 0.15) is 0 Å². The fraction of sp³-hybridized carbons (Fsp3) is 0.923. The number of morpholine rings is 1. The number of aliphatic carboxylic acids is 1. The number of sulfonamides is 1. The van der Waals surface area contributed by atoms with Crippen molar-refractivity contribution in [2.75, 3.05) is 32.0 Å². The first-order valence-corrected chi connectivity index (χ1v) is 9.16. The van der Waals surface area contributed by atoms with Crippen molar-refractivity contribution in [2.24, 2.45) is 0 Å². The van der Waals surface area contributed by atoms with Gasteiger partial charge >= 0.3 is 12.1 Å². The minimum Gasteiger partial charge on any atom is -0.475 e. The van der Waals surface area contributed by atoms with Gasteiger partial charge in [0.25, 0.3) is 0 Å². The van der Waals surface area contributed by atoms with Crippen molar-refractivity contribution in [2.45, 2.75) is 45.1 Å². The molecule has 0 unspecified atom stereocenters. The van der Waals surface area contributed by atoms with Gasteiger partial charge in [-0.05, 0) is 20.8 Å². The van der Waals surface area contributed by atoms with Gasteiger partial charge in [-0.3, -0.25) is 4.90 Å². The highest BCUT2D eigenvalue weighted by Gasteiger charge is 2.44. The molecule has 2 atom stereocenters. The Morgan fingerprint density at radius 2 is 1.88 bits per heavy atom. The summed E-state index contributed by atoms with van der Waals surface area (Å²) < 4.78 is 62.8. The zero-order chi connectivity index (χ0) is 18.7. The molecule has 0 aliphatic carbocycles. The number of halogens is 3. The van der Waals surface area contributed by atoms with Gasteiger partial charge in [0, 0.05) is 25.7 Å². The summed E-state index contributed by atoms with van der Waals surface area (Å²) >= 11 is 0. The van der Waals surface area contributed by atoms with E-state index < -0.39 is 22.2 Å². The lowest BCUT2D eigenvalue weighted by Crippen LogP contribution is -2.53. The van der Waals surface area contributed by atoms with Gasteiger partial charge in [-0.1, -0.05) is 0 Å². The van der Waals surface area contributed by atoms with Gasteiger partial charge in [0.05, 0.1) is 24.5 Å². The number of carboxylic acid groups (broad SMARTS) is 1. The minimum atomic E-state index is -5.08. The molecule has 142 valence electrons. The summed E-state index contributed by atoms with van der Waals surface area (Å²) in [5.41, 5.74) is 0. The van der Waals surface area contributed by atoms with E-state index in [2.05, 4.69) is 18.7 Å². The van der Waals surface area contributed by atoms with Crippen LogP contribution >= 0.6 is 0 Å². The number of nitrogens with zero attached hydrogens (tertiary/aromatic N) is 2. The molecule has 7 nitrogen and oxygen atoms in total. The number of carbonyl (C=O) groups is 1. The Labute approximate surface area is 139 Å². The van der Waals surface area contributed by atoms with Crippen molar-refractivity contribution in [3.05, 3.63) is 0 Å². The Bertz CT molecular complexity index is 538. The first-order chi connectivity index (χ1) is 10.9. The number of ether oxygens (including phenoxy) is 1. The van der Waals surface area contributed by atoms with Gasteiger partial charge < -0.3 is 9.84 Å². The van der Waals surface area contributed by atoms with Crippen molar-refractivity contribution < 1.29 is 36.2 Å². The smallest absolute Gasteiger partial charge is 0.475 e. The molecule has 11 heteroatoms. The molecule has 2 fully saturated rings. The van der Waals surface area contributed by atoms with Gasteiger partial charge in [-0.15, -0.1) is 0 Å². The third-order valence-corrected chi connectivity index (χ3v) is 5.79. The maximum atomic E-state index is 11.9. The van der Waals surface area contributed by atoms with Crippen molar-refractivity contribution in [3.8, 4) is 0 Å². The Morgan fingerprint density at radius 3 is 2.29 bits per heavy atom. The van der Waals surface area contributed by atoms with E-state index in [9.17, 15) is 21.6 Å². The van der Waals surface area contributed by atoms with E-state index in [1.54, 1.807) is 11.2 Å². The molecular weight excluding hydrogens is 353 g/mol. The van der Waals surface area contributed by atoms with E-state index in [-0.39, 0.29) is 17.9 Å². The zero-order valence-electron chi connectivity index (χ0n) is 13.8. The topological polar surface area (TPSA) is 87.2 Å². The number of hydrogen-bond acceptors (Lipinski definition) is 5. The van der Waals surface area contributed by atoms with Crippen LogP contribution in [-0.4, -0.2) is 85.1 Å². The first-order valence-electron chi connectivity index (χ1n) is 7.55. The van der Waals surface area contributed by atoms with E-state index in [4.69, 9.17) is 14.6 Å². The molecule has 0 aromatic carbocycles. The van der Waals surface area contributed by atoms with Crippen molar-refractivity contribution in [1.82, 2.24) is 9.21 Å². The standard InChI is InChI=1S/C11H22N2O3S.C2HF3O2/c1-4-17(14,15)12-7-10-11(8-12)16-6-5-13(10)9(2)3;3-2(4,5)1(6)7/h9-11H,4-8H2,1-3H3;(H,6,7)/t10-,11+;/m1./s1. The number of fused-ring (bicyclic) bond motifs is 1. The Hall–Kier alpha value is -0.910. The monoisotopic (exact) mass is 376 g/mol. The second kappa shape index (κ2) is 7.98. The molecule has 0 amide bonds. The maximum Gasteiger partial charge on any atom is 0.490 e. The predicted octanol–water partition coefficient (Wildman–Crippen LogP) is 0.763. The summed E-state index contributed by atoms with van der Waals surface area (Å²) in [6, 6.07) is 0.667. The fourth-order valence-electron chi connectivity index (χ4n) is 2.73. The second-order valence-electron chi connectivity index (χ2n) is 5.83. The normalized spacial score (nSPS) is 26.0. The van der Waals surface area contributed by atoms with Crippen molar-refractivity contribution in [1.29, 1.82) is 0 Å². The lowest BCUT2D eigenvalue weighted by atomic mass is 10.1. The molecule has 2 heterocycles. The summed E-state index contributed by atoms with van der Waals surface area (Å²) in [6.45, 7) is 8.71. The van der Waals surface area contributed by atoms with Crippen LogP contribution in [0.4, 0.5) is 13.2 Å². The fourth-order valence-corrected chi connectivity index (χ4v) is 3.85. The van der Waals surface area contributed by atoms with Gasteiger partial charge in [0.2, 0.25) is 10.0 Å². The first kappa shape index (κ1) is 21.1. The van der Waals surface area contributed by atoms with Gasteiger partial charge in [-0.25, -0.2) is 13.2 Å². The number of alkyl halides is 3. The minimum absolute atomic E-state index is 0.0486. The van der Waals surface area contributed by atoms with Crippen LogP contribution in [0.2, 0.25) is 0 Å². The van der Waals surface area contributed by atoms with Crippen LogP contribution in [0.5, 0.6) is 0 Å². The molecule has 2 aliphatic rings. The van der Waals surface area contributed by atoms with Crippen molar-refractivity contribution >= 4 is 16.0 Å². The van der Waals surface area contributed by atoms with Gasteiger partial charge in [0.15, 0.2) is 0 Å². The molecule has 24 heavy (non-hydrogen) atoms. The second-order valence-corrected chi connectivity index (χ2v) is 8.09. The number of rotatable bonds is 3. The molecule has 2 saturated heterocycles. The predicted molar refractivity (Wildman–Crippen MR) is 80.1 cm³/mol. The van der Waals surface area contributed by atoms with Crippen LogP contribution in [-0.2, 0) is 19.6 Å². The zero-order valence-corrected chi connectivity index (χ0v) is 14.6. The van der Waals surface area contributed by atoms with Crippen LogP contribution in [0.3, 0.4) is 0 Å². The molecule has 0 aromatic rings. The summed E-state index contributed by atoms with van der Waals surface area (Å²) in [6.07, 6.45) is -5.03. The summed E-state index contributed by atoms with van der Waals surface area (Å²) in [7, 11) is -3.08. The Kier molecular flexibility index (Phi) is 7.03. The highest BCUT2D eigenvalue weighted by molar-refractivity contribution is 7.89. The number of carboxylic acids is 1. The quantitative estimate of drug-likeness (QED) is 0.783.